The van der Waals surface area contributed by atoms with E-state index in [9.17, 15) is 14.4 Å². The predicted octanol–water partition coefficient (Wildman–Crippen LogP) is 2.43. The molecule has 0 aliphatic carbocycles. The van der Waals surface area contributed by atoms with E-state index < -0.39 is 11.8 Å². The molecule has 2 N–H and O–H groups in total. The number of halogens is 1. The highest BCUT2D eigenvalue weighted by Gasteiger charge is 2.26. The zero-order chi connectivity index (χ0) is 15.0. The van der Waals surface area contributed by atoms with E-state index in [1.54, 1.807) is 18.2 Å². The number of hydrogen-bond donors (Lipinski definition) is 2. The fraction of sp³-hybridized carbons (Fsp3) is 0. The molecule has 0 saturated carbocycles. The fourth-order valence-corrected chi connectivity index (χ4v) is 2.41. The first kappa shape index (κ1) is 13.7. The van der Waals surface area contributed by atoms with Crippen LogP contribution in [-0.4, -0.2) is 17.7 Å². The number of fused-ring (bicyclic) bond motifs is 1. The van der Waals surface area contributed by atoms with Gasteiger partial charge in [-0.2, -0.15) is 0 Å². The molecule has 1 heterocycles. The van der Waals surface area contributed by atoms with Crippen molar-refractivity contribution >= 4 is 46.0 Å². The number of imide groups is 1. The van der Waals surface area contributed by atoms with Crippen LogP contribution in [0.5, 0.6) is 0 Å². The second kappa shape index (κ2) is 5.28. The number of carbonyl (C=O) groups is 3. The first-order valence-corrected chi connectivity index (χ1v) is 7.19. The number of anilines is 1. The van der Waals surface area contributed by atoms with Gasteiger partial charge in [-0.15, -0.1) is 0 Å². The highest BCUT2D eigenvalue weighted by atomic mass is 127. The van der Waals surface area contributed by atoms with Gasteiger partial charge in [0.1, 0.15) is 0 Å². The van der Waals surface area contributed by atoms with Crippen molar-refractivity contribution < 1.29 is 14.4 Å². The molecule has 1 aliphatic rings. The largest absolute Gasteiger partial charge is 0.322 e. The molecule has 0 saturated heterocycles. The Morgan fingerprint density at radius 3 is 2.33 bits per heavy atom. The molecule has 2 aromatic carbocycles. The van der Waals surface area contributed by atoms with E-state index in [1.165, 1.54) is 12.1 Å². The molecule has 0 radical (unpaired) electrons. The van der Waals surface area contributed by atoms with Crippen LogP contribution in [0, 0.1) is 3.57 Å². The molecule has 3 amide bonds. The molecule has 0 fully saturated rings. The minimum Gasteiger partial charge on any atom is -0.322 e. The Balaban J connectivity index is 1.84. The third kappa shape index (κ3) is 2.66. The predicted molar refractivity (Wildman–Crippen MR) is 85.4 cm³/mol. The summed E-state index contributed by atoms with van der Waals surface area (Å²) < 4.78 is 1.04. The number of carbonyl (C=O) groups excluding carboxylic acids is 3. The zero-order valence-electron chi connectivity index (χ0n) is 10.6. The Morgan fingerprint density at radius 1 is 0.952 bits per heavy atom. The Kier molecular flexibility index (Phi) is 3.46. The van der Waals surface area contributed by atoms with Crippen LogP contribution in [0.2, 0.25) is 0 Å². The third-order valence-electron chi connectivity index (χ3n) is 3.10. The van der Waals surface area contributed by atoms with Crippen molar-refractivity contribution in [3.05, 3.63) is 62.7 Å². The Morgan fingerprint density at radius 2 is 1.62 bits per heavy atom. The summed E-state index contributed by atoms with van der Waals surface area (Å²) in [6.07, 6.45) is 0. The monoisotopic (exact) mass is 392 g/mol. The molecular weight excluding hydrogens is 383 g/mol. The van der Waals surface area contributed by atoms with Crippen molar-refractivity contribution in [3.63, 3.8) is 0 Å². The lowest BCUT2D eigenvalue weighted by Crippen LogP contribution is -2.19. The molecule has 0 atom stereocenters. The molecule has 6 heteroatoms. The maximum atomic E-state index is 12.1. The molecule has 21 heavy (non-hydrogen) atoms. The maximum Gasteiger partial charge on any atom is 0.259 e. The zero-order valence-corrected chi connectivity index (χ0v) is 12.8. The summed E-state index contributed by atoms with van der Waals surface area (Å²) in [5.74, 6) is -1.12. The van der Waals surface area contributed by atoms with E-state index in [-0.39, 0.29) is 11.5 Å². The van der Waals surface area contributed by atoms with E-state index in [2.05, 4.69) is 33.2 Å². The van der Waals surface area contributed by atoms with Gasteiger partial charge in [-0.3, -0.25) is 19.7 Å². The molecule has 0 aromatic heterocycles. The number of rotatable bonds is 2. The van der Waals surface area contributed by atoms with Crippen molar-refractivity contribution in [2.45, 2.75) is 0 Å². The highest BCUT2D eigenvalue weighted by molar-refractivity contribution is 14.1. The van der Waals surface area contributed by atoms with Crippen LogP contribution in [0.3, 0.4) is 0 Å². The maximum absolute atomic E-state index is 12.1. The summed E-state index contributed by atoms with van der Waals surface area (Å²) >= 11 is 2.16. The Labute approximate surface area is 133 Å². The smallest absolute Gasteiger partial charge is 0.259 e. The molecule has 1 aliphatic heterocycles. The SMILES string of the molecule is O=C(Nc1ccc2c(c1)C(=O)NC2=O)c1ccc(I)cc1. The quantitative estimate of drug-likeness (QED) is 0.609. The van der Waals surface area contributed by atoms with Crippen LogP contribution in [0.4, 0.5) is 5.69 Å². The van der Waals surface area contributed by atoms with Crippen molar-refractivity contribution in [1.29, 1.82) is 0 Å². The van der Waals surface area contributed by atoms with Crippen LogP contribution in [0.1, 0.15) is 31.1 Å². The van der Waals surface area contributed by atoms with Gasteiger partial charge in [-0.05, 0) is 65.1 Å². The summed E-state index contributed by atoms with van der Waals surface area (Å²) in [5, 5.41) is 4.92. The van der Waals surface area contributed by atoms with Crippen LogP contribution >= 0.6 is 22.6 Å². The normalized spacial score (nSPS) is 12.8. The number of nitrogens with one attached hydrogen (secondary N) is 2. The van der Waals surface area contributed by atoms with Crippen LogP contribution in [0.15, 0.2) is 42.5 Å². The van der Waals surface area contributed by atoms with Gasteiger partial charge < -0.3 is 5.32 Å². The molecule has 2 aromatic rings. The molecule has 0 spiro atoms. The van der Waals surface area contributed by atoms with E-state index in [0.29, 0.717) is 16.8 Å². The molecule has 0 unspecified atom stereocenters. The summed E-state index contributed by atoms with van der Waals surface area (Å²) in [6, 6.07) is 11.7. The molecule has 5 nitrogen and oxygen atoms in total. The van der Waals surface area contributed by atoms with Crippen LogP contribution in [0.25, 0.3) is 0 Å². The fourth-order valence-electron chi connectivity index (χ4n) is 2.05. The molecule has 104 valence electrons. The summed E-state index contributed by atoms with van der Waals surface area (Å²) in [5.41, 5.74) is 1.60. The Hall–Kier alpha value is -2.22. The van der Waals surface area contributed by atoms with Gasteiger partial charge in [0.15, 0.2) is 0 Å². The van der Waals surface area contributed by atoms with Gasteiger partial charge in [-0.1, -0.05) is 0 Å². The number of hydrogen-bond acceptors (Lipinski definition) is 3. The standard InChI is InChI=1S/C15H9IN2O3/c16-9-3-1-8(2-4-9)13(19)17-10-5-6-11-12(7-10)15(21)18-14(11)20/h1-7H,(H,17,19)(H,18,20,21). The lowest BCUT2D eigenvalue weighted by molar-refractivity contribution is 0.0878. The number of benzene rings is 2. The van der Waals surface area contributed by atoms with Gasteiger partial charge in [-0.25, -0.2) is 0 Å². The second-order valence-corrected chi connectivity index (χ2v) is 5.75. The summed E-state index contributed by atoms with van der Waals surface area (Å²) in [4.78, 5) is 35.1. The Bertz CT molecular complexity index is 769. The topological polar surface area (TPSA) is 75.3 Å². The van der Waals surface area contributed by atoms with Crippen LogP contribution in [-0.2, 0) is 0 Å². The van der Waals surface area contributed by atoms with E-state index in [1.807, 2.05) is 12.1 Å². The van der Waals surface area contributed by atoms with Gasteiger partial charge in [0.2, 0.25) is 0 Å². The minimum atomic E-state index is -0.444. The van der Waals surface area contributed by atoms with Crippen molar-refractivity contribution in [1.82, 2.24) is 5.32 Å². The van der Waals surface area contributed by atoms with Gasteiger partial charge in [0.25, 0.3) is 17.7 Å². The van der Waals surface area contributed by atoms with Gasteiger partial charge >= 0.3 is 0 Å². The van der Waals surface area contributed by atoms with E-state index in [4.69, 9.17) is 0 Å². The molecule has 3 rings (SSSR count). The van der Waals surface area contributed by atoms with Crippen molar-refractivity contribution in [2.75, 3.05) is 5.32 Å². The minimum absolute atomic E-state index is 0.268. The van der Waals surface area contributed by atoms with Crippen molar-refractivity contribution in [2.24, 2.45) is 0 Å². The first-order valence-electron chi connectivity index (χ1n) is 6.11. The van der Waals surface area contributed by atoms with E-state index >= 15 is 0 Å². The summed E-state index contributed by atoms with van der Waals surface area (Å²) in [6.45, 7) is 0. The highest BCUT2D eigenvalue weighted by Crippen LogP contribution is 2.20. The van der Waals surface area contributed by atoms with Gasteiger partial charge in [0, 0.05) is 14.8 Å². The third-order valence-corrected chi connectivity index (χ3v) is 3.82. The summed E-state index contributed by atoms with van der Waals surface area (Å²) in [7, 11) is 0. The average Bonchev–Trinajstić information content (AvgIpc) is 2.74. The lowest BCUT2D eigenvalue weighted by atomic mass is 10.1. The molecular formula is C15H9IN2O3. The average molecular weight is 392 g/mol. The molecule has 0 bridgehead atoms. The van der Waals surface area contributed by atoms with Crippen LogP contribution < -0.4 is 10.6 Å². The van der Waals surface area contributed by atoms with Gasteiger partial charge in [0.05, 0.1) is 11.1 Å². The first-order chi connectivity index (χ1) is 10.0. The second-order valence-electron chi connectivity index (χ2n) is 4.50. The number of amides is 3. The van der Waals surface area contributed by atoms with Crippen molar-refractivity contribution in [3.8, 4) is 0 Å². The lowest BCUT2D eigenvalue weighted by Gasteiger charge is -2.06. The van der Waals surface area contributed by atoms with E-state index in [0.717, 1.165) is 3.57 Å².